The van der Waals surface area contributed by atoms with Gasteiger partial charge in [-0.25, -0.2) is 0 Å². The molecule has 3 heteroatoms. The van der Waals surface area contributed by atoms with Crippen molar-refractivity contribution >= 4 is 5.78 Å². The monoisotopic (exact) mass is 289 g/mol. The molecule has 0 amide bonds. The predicted molar refractivity (Wildman–Crippen MR) is 86.1 cm³/mol. The standard InChI is InChI=1S/C18H27NO2/c1-4-21-16-11-9-10-15(14-16)17(20)18(2,3)19-12-7-5-6-8-13-19/h9-11,14H,4-8,12-13H2,1-3H3. The smallest absolute Gasteiger partial charge is 0.182 e. The van der Waals surface area contributed by atoms with Gasteiger partial charge < -0.3 is 4.74 Å². The number of carbonyl (C=O) groups is 1. The number of nitrogens with zero attached hydrogens (tertiary/aromatic N) is 1. The van der Waals surface area contributed by atoms with Gasteiger partial charge in [-0.1, -0.05) is 25.0 Å². The molecule has 0 radical (unpaired) electrons. The third-order valence-corrected chi connectivity index (χ3v) is 4.36. The number of ketones is 1. The highest BCUT2D eigenvalue weighted by Crippen LogP contribution is 2.25. The highest BCUT2D eigenvalue weighted by Gasteiger charge is 2.35. The van der Waals surface area contributed by atoms with Crippen LogP contribution in [0.4, 0.5) is 0 Å². The second-order valence-electron chi connectivity index (χ2n) is 6.25. The van der Waals surface area contributed by atoms with Gasteiger partial charge in [0.15, 0.2) is 5.78 Å². The van der Waals surface area contributed by atoms with Crippen LogP contribution in [0.5, 0.6) is 5.75 Å². The molecule has 1 aromatic carbocycles. The molecule has 0 bridgehead atoms. The van der Waals surface area contributed by atoms with Crippen molar-refractivity contribution in [3.63, 3.8) is 0 Å². The number of likely N-dealkylation sites (tertiary alicyclic amines) is 1. The van der Waals surface area contributed by atoms with E-state index in [2.05, 4.69) is 4.90 Å². The summed E-state index contributed by atoms with van der Waals surface area (Å²) in [6, 6.07) is 7.56. The van der Waals surface area contributed by atoms with E-state index in [1.807, 2.05) is 45.0 Å². The van der Waals surface area contributed by atoms with Gasteiger partial charge in [0.1, 0.15) is 5.75 Å². The van der Waals surface area contributed by atoms with E-state index in [1.165, 1.54) is 25.7 Å². The van der Waals surface area contributed by atoms with Crippen LogP contribution in [-0.2, 0) is 0 Å². The molecule has 1 fully saturated rings. The van der Waals surface area contributed by atoms with E-state index in [9.17, 15) is 4.79 Å². The Bertz CT molecular complexity index is 474. The van der Waals surface area contributed by atoms with Gasteiger partial charge in [-0.05, 0) is 58.8 Å². The molecule has 1 aromatic rings. The largest absolute Gasteiger partial charge is 0.494 e. The molecule has 0 atom stereocenters. The molecule has 1 heterocycles. The first-order chi connectivity index (χ1) is 10.1. The minimum absolute atomic E-state index is 0.186. The maximum atomic E-state index is 12.9. The van der Waals surface area contributed by atoms with Crippen LogP contribution in [0.1, 0.15) is 56.8 Å². The lowest BCUT2D eigenvalue weighted by molar-refractivity contribution is 0.0649. The topological polar surface area (TPSA) is 29.5 Å². The molecule has 0 N–H and O–H groups in total. The molecule has 1 aliphatic rings. The van der Waals surface area contributed by atoms with Gasteiger partial charge >= 0.3 is 0 Å². The van der Waals surface area contributed by atoms with Crippen molar-refractivity contribution in [2.75, 3.05) is 19.7 Å². The molecule has 0 spiro atoms. The summed E-state index contributed by atoms with van der Waals surface area (Å²) in [6.07, 6.45) is 4.94. The SMILES string of the molecule is CCOc1cccc(C(=O)C(C)(C)N2CCCCCC2)c1. The number of carbonyl (C=O) groups excluding carboxylic acids is 1. The molecule has 116 valence electrons. The summed E-state index contributed by atoms with van der Waals surface area (Å²) in [5, 5.41) is 0. The van der Waals surface area contributed by atoms with E-state index in [0.29, 0.717) is 6.61 Å². The third kappa shape index (κ3) is 3.85. The van der Waals surface area contributed by atoms with E-state index in [0.717, 1.165) is 24.4 Å². The summed E-state index contributed by atoms with van der Waals surface area (Å²) in [4.78, 5) is 15.3. The molecule has 0 aromatic heterocycles. The number of Topliss-reactive ketones (excluding diaryl/α,β-unsaturated/α-hetero) is 1. The van der Waals surface area contributed by atoms with Gasteiger partial charge in [-0.15, -0.1) is 0 Å². The zero-order valence-electron chi connectivity index (χ0n) is 13.5. The van der Waals surface area contributed by atoms with Crippen LogP contribution in [0.25, 0.3) is 0 Å². The lowest BCUT2D eigenvalue weighted by Crippen LogP contribution is -2.50. The van der Waals surface area contributed by atoms with Crippen molar-refractivity contribution in [3.05, 3.63) is 29.8 Å². The highest BCUT2D eigenvalue weighted by molar-refractivity contribution is 6.03. The molecule has 0 saturated carbocycles. The van der Waals surface area contributed by atoms with Gasteiger partial charge in [0.2, 0.25) is 0 Å². The molecular formula is C18H27NO2. The zero-order valence-corrected chi connectivity index (χ0v) is 13.5. The second-order valence-corrected chi connectivity index (χ2v) is 6.25. The Hall–Kier alpha value is -1.35. The maximum absolute atomic E-state index is 12.9. The fraction of sp³-hybridized carbons (Fsp3) is 0.611. The first kappa shape index (κ1) is 16.0. The fourth-order valence-electron chi connectivity index (χ4n) is 3.02. The van der Waals surface area contributed by atoms with E-state index in [4.69, 9.17) is 4.74 Å². The summed E-state index contributed by atoms with van der Waals surface area (Å²) in [5.41, 5.74) is 0.296. The number of rotatable bonds is 5. The van der Waals surface area contributed by atoms with Crippen molar-refractivity contribution in [2.24, 2.45) is 0 Å². The molecule has 3 nitrogen and oxygen atoms in total. The number of hydrogen-bond acceptors (Lipinski definition) is 3. The molecule has 0 aliphatic carbocycles. The van der Waals surface area contributed by atoms with Crippen molar-refractivity contribution in [3.8, 4) is 5.75 Å². The van der Waals surface area contributed by atoms with Crippen molar-refractivity contribution < 1.29 is 9.53 Å². The molecule has 1 aliphatic heterocycles. The van der Waals surface area contributed by atoms with E-state index in [-0.39, 0.29) is 5.78 Å². The van der Waals surface area contributed by atoms with Crippen molar-refractivity contribution in [1.29, 1.82) is 0 Å². The number of benzene rings is 1. The van der Waals surface area contributed by atoms with Crippen LogP contribution in [0.3, 0.4) is 0 Å². The minimum atomic E-state index is -0.449. The Morgan fingerprint density at radius 3 is 2.48 bits per heavy atom. The van der Waals surface area contributed by atoms with Crippen molar-refractivity contribution in [2.45, 2.75) is 52.0 Å². The van der Waals surface area contributed by atoms with Crippen LogP contribution >= 0.6 is 0 Å². The second kappa shape index (κ2) is 7.08. The van der Waals surface area contributed by atoms with E-state index < -0.39 is 5.54 Å². The Morgan fingerprint density at radius 2 is 1.86 bits per heavy atom. The van der Waals surface area contributed by atoms with E-state index >= 15 is 0 Å². The van der Waals surface area contributed by atoms with Gasteiger partial charge in [0.05, 0.1) is 12.1 Å². The van der Waals surface area contributed by atoms with Gasteiger partial charge in [-0.3, -0.25) is 9.69 Å². The number of hydrogen-bond donors (Lipinski definition) is 0. The normalized spacial score (nSPS) is 17.3. The van der Waals surface area contributed by atoms with Crippen LogP contribution < -0.4 is 4.74 Å². The van der Waals surface area contributed by atoms with Crippen LogP contribution in [0.15, 0.2) is 24.3 Å². The van der Waals surface area contributed by atoms with Gasteiger partial charge in [-0.2, -0.15) is 0 Å². The molecule has 1 saturated heterocycles. The molecule has 0 unspecified atom stereocenters. The summed E-state index contributed by atoms with van der Waals surface area (Å²) in [6.45, 7) is 8.71. The molecule has 2 rings (SSSR count). The quantitative estimate of drug-likeness (QED) is 0.769. The average Bonchev–Trinajstić information content (AvgIpc) is 2.76. The Kier molecular flexibility index (Phi) is 5.40. The molecule has 21 heavy (non-hydrogen) atoms. The fourth-order valence-corrected chi connectivity index (χ4v) is 3.02. The Labute approximate surface area is 128 Å². The first-order valence-electron chi connectivity index (χ1n) is 8.08. The zero-order chi connectivity index (χ0) is 15.3. The Morgan fingerprint density at radius 1 is 1.19 bits per heavy atom. The number of ether oxygens (including phenoxy) is 1. The van der Waals surface area contributed by atoms with Crippen LogP contribution in [0.2, 0.25) is 0 Å². The average molecular weight is 289 g/mol. The summed E-state index contributed by atoms with van der Waals surface area (Å²) in [7, 11) is 0. The lowest BCUT2D eigenvalue weighted by Gasteiger charge is -2.36. The molecular weight excluding hydrogens is 262 g/mol. The maximum Gasteiger partial charge on any atom is 0.182 e. The first-order valence-corrected chi connectivity index (χ1v) is 8.08. The predicted octanol–water partition coefficient (Wildman–Crippen LogP) is 3.92. The van der Waals surface area contributed by atoms with E-state index in [1.54, 1.807) is 0 Å². The third-order valence-electron chi connectivity index (χ3n) is 4.36. The Balaban J connectivity index is 2.18. The lowest BCUT2D eigenvalue weighted by atomic mass is 9.91. The summed E-state index contributed by atoms with van der Waals surface area (Å²) < 4.78 is 5.51. The van der Waals surface area contributed by atoms with Crippen LogP contribution in [-0.4, -0.2) is 35.9 Å². The summed E-state index contributed by atoms with van der Waals surface area (Å²) >= 11 is 0. The van der Waals surface area contributed by atoms with Gasteiger partial charge in [0, 0.05) is 5.56 Å². The van der Waals surface area contributed by atoms with Crippen LogP contribution in [0, 0.1) is 0 Å². The van der Waals surface area contributed by atoms with Crippen molar-refractivity contribution in [1.82, 2.24) is 4.90 Å². The highest BCUT2D eigenvalue weighted by atomic mass is 16.5. The minimum Gasteiger partial charge on any atom is -0.494 e. The van der Waals surface area contributed by atoms with Gasteiger partial charge in [0.25, 0.3) is 0 Å². The summed E-state index contributed by atoms with van der Waals surface area (Å²) in [5.74, 6) is 0.959.